The van der Waals surface area contributed by atoms with E-state index in [-0.39, 0.29) is 12.5 Å². The molecule has 134 valence electrons. The number of benzene rings is 2. The Bertz CT molecular complexity index is 885. The molecule has 0 radical (unpaired) electrons. The third kappa shape index (κ3) is 4.33. The Hall–Kier alpha value is -3.02. The monoisotopic (exact) mass is 358 g/mol. The van der Waals surface area contributed by atoms with Crippen molar-refractivity contribution in [3.63, 3.8) is 0 Å². The van der Waals surface area contributed by atoms with Crippen molar-refractivity contribution in [2.24, 2.45) is 0 Å². The molecule has 0 spiro atoms. The molecule has 2 aromatic carbocycles. The van der Waals surface area contributed by atoms with Crippen LogP contribution in [0.1, 0.15) is 27.2 Å². The van der Waals surface area contributed by atoms with Crippen molar-refractivity contribution in [3.05, 3.63) is 95.3 Å². The van der Waals surface area contributed by atoms with Crippen molar-refractivity contribution >= 4 is 5.91 Å². The van der Waals surface area contributed by atoms with E-state index in [9.17, 15) is 18.0 Å². The molecule has 0 saturated heterocycles. The lowest BCUT2D eigenvalue weighted by molar-refractivity contribution is -0.137. The second kappa shape index (κ2) is 7.47. The van der Waals surface area contributed by atoms with Crippen molar-refractivity contribution in [1.82, 2.24) is 9.88 Å². The number of carbonyl (C=O) groups excluding carboxylic acids is 1. The van der Waals surface area contributed by atoms with Gasteiger partial charge in [-0.3, -0.25) is 4.79 Å². The van der Waals surface area contributed by atoms with Crippen LogP contribution in [-0.4, -0.2) is 10.5 Å². The lowest BCUT2D eigenvalue weighted by atomic mass is 10.1. The molecule has 0 bridgehead atoms. The second-order valence-corrected chi connectivity index (χ2v) is 5.89. The van der Waals surface area contributed by atoms with Gasteiger partial charge in [-0.25, -0.2) is 0 Å². The topological polar surface area (TPSA) is 34.0 Å². The quantitative estimate of drug-likeness (QED) is 0.717. The maximum atomic E-state index is 12.8. The molecule has 6 heteroatoms. The van der Waals surface area contributed by atoms with Gasteiger partial charge in [0.15, 0.2) is 0 Å². The number of hydrogen-bond donors (Lipinski definition) is 1. The van der Waals surface area contributed by atoms with Crippen molar-refractivity contribution in [1.29, 1.82) is 0 Å². The molecule has 0 aliphatic heterocycles. The van der Waals surface area contributed by atoms with E-state index in [2.05, 4.69) is 5.32 Å². The molecular formula is C20H17F3N2O. The maximum absolute atomic E-state index is 12.8. The minimum absolute atomic E-state index is 0.0271. The van der Waals surface area contributed by atoms with Crippen LogP contribution in [0.2, 0.25) is 0 Å². The third-order valence-electron chi connectivity index (χ3n) is 3.97. The smallest absolute Gasteiger partial charge is 0.347 e. The highest BCUT2D eigenvalue weighted by molar-refractivity contribution is 5.92. The molecule has 3 aromatic rings. The predicted molar refractivity (Wildman–Crippen MR) is 92.6 cm³/mol. The summed E-state index contributed by atoms with van der Waals surface area (Å²) in [6.45, 7) is 0.569. The van der Waals surface area contributed by atoms with Crippen LogP contribution >= 0.6 is 0 Å². The van der Waals surface area contributed by atoms with Gasteiger partial charge in [0, 0.05) is 19.3 Å². The molecule has 1 amide bonds. The Morgan fingerprint density at radius 3 is 2.38 bits per heavy atom. The summed E-state index contributed by atoms with van der Waals surface area (Å²) in [6, 6.07) is 18.1. The van der Waals surface area contributed by atoms with Gasteiger partial charge in [-0.2, -0.15) is 13.2 Å². The molecule has 0 aliphatic carbocycles. The van der Waals surface area contributed by atoms with Crippen LogP contribution in [0, 0.1) is 0 Å². The zero-order valence-corrected chi connectivity index (χ0v) is 13.8. The van der Waals surface area contributed by atoms with Crippen LogP contribution in [0.3, 0.4) is 0 Å². The summed E-state index contributed by atoms with van der Waals surface area (Å²) in [6.07, 6.45) is -2.60. The first-order valence-electron chi connectivity index (χ1n) is 8.07. The molecule has 0 unspecified atom stereocenters. The van der Waals surface area contributed by atoms with Gasteiger partial charge < -0.3 is 9.88 Å². The highest BCUT2D eigenvalue weighted by Crippen LogP contribution is 2.29. The summed E-state index contributed by atoms with van der Waals surface area (Å²) in [7, 11) is 0. The van der Waals surface area contributed by atoms with Crippen LogP contribution in [0.15, 0.2) is 72.9 Å². The number of alkyl halides is 3. The fraction of sp³-hybridized carbons (Fsp3) is 0.150. The minimum Gasteiger partial charge on any atom is -0.347 e. The van der Waals surface area contributed by atoms with Gasteiger partial charge in [0.05, 0.1) is 5.56 Å². The zero-order valence-electron chi connectivity index (χ0n) is 13.8. The number of carbonyl (C=O) groups is 1. The number of amides is 1. The van der Waals surface area contributed by atoms with Crippen molar-refractivity contribution < 1.29 is 18.0 Å². The van der Waals surface area contributed by atoms with E-state index >= 15 is 0 Å². The number of hydrogen-bond acceptors (Lipinski definition) is 1. The standard InChI is InChI=1S/C20H17F3N2O/c21-20(22,23)17-9-4-8-16(12-17)13-24-19(26)18-10-5-11-25(18)14-15-6-2-1-3-7-15/h1-12H,13-14H2,(H,24,26). The van der Waals surface area contributed by atoms with E-state index in [1.807, 2.05) is 30.3 Å². The normalized spacial score (nSPS) is 11.3. The van der Waals surface area contributed by atoms with Crippen LogP contribution in [0.25, 0.3) is 0 Å². The molecule has 0 atom stereocenters. The van der Waals surface area contributed by atoms with Gasteiger partial charge >= 0.3 is 6.18 Å². The molecule has 1 N–H and O–H groups in total. The fourth-order valence-corrected chi connectivity index (χ4v) is 2.67. The Labute approximate surface area is 149 Å². The molecule has 3 nitrogen and oxygen atoms in total. The van der Waals surface area contributed by atoms with Crippen molar-refractivity contribution in [2.75, 3.05) is 0 Å². The van der Waals surface area contributed by atoms with Gasteiger partial charge in [-0.05, 0) is 35.4 Å². The first kappa shape index (κ1) is 17.8. The lowest BCUT2D eigenvalue weighted by Crippen LogP contribution is -2.25. The Balaban J connectivity index is 1.67. The third-order valence-corrected chi connectivity index (χ3v) is 3.97. The van der Waals surface area contributed by atoms with Crippen LogP contribution in [0.5, 0.6) is 0 Å². The number of aromatic nitrogens is 1. The number of nitrogens with zero attached hydrogens (tertiary/aromatic N) is 1. The fourth-order valence-electron chi connectivity index (χ4n) is 2.67. The molecule has 1 heterocycles. The predicted octanol–water partition coefficient (Wildman–Crippen LogP) is 4.49. The summed E-state index contributed by atoms with van der Waals surface area (Å²) < 4.78 is 40.1. The Morgan fingerprint density at radius 1 is 0.923 bits per heavy atom. The average molecular weight is 358 g/mol. The molecular weight excluding hydrogens is 341 g/mol. The van der Waals surface area contributed by atoms with Gasteiger partial charge in [0.25, 0.3) is 5.91 Å². The first-order chi connectivity index (χ1) is 12.4. The van der Waals surface area contributed by atoms with Crippen molar-refractivity contribution in [3.8, 4) is 0 Å². The highest BCUT2D eigenvalue weighted by atomic mass is 19.4. The number of halogens is 3. The van der Waals surface area contributed by atoms with Gasteiger partial charge in [0.1, 0.15) is 5.69 Å². The van der Waals surface area contributed by atoms with Gasteiger partial charge in [-0.15, -0.1) is 0 Å². The lowest BCUT2D eigenvalue weighted by Gasteiger charge is -2.11. The molecule has 0 saturated carbocycles. The van der Waals surface area contributed by atoms with E-state index < -0.39 is 11.7 Å². The van der Waals surface area contributed by atoms with E-state index in [0.717, 1.165) is 17.7 Å². The van der Waals surface area contributed by atoms with E-state index in [1.165, 1.54) is 6.07 Å². The average Bonchev–Trinajstić information content (AvgIpc) is 3.08. The Morgan fingerprint density at radius 2 is 1.65 bits per heavy atom. The first-order valence-corrected chi connectivity index (χ1v) is 8.07. The largest absolute Gasteiger partial charge is 0.416 e. The number of nitrogens with one attached hydrogen (secondary N) is 1. The zero-order chi connectivity index (χ0) is 18.6. The van der Waals surface area contributed by atoms with E-state index in [0.29, 0.717) is 17.8 Å². The SMILES string of the molecule is O=C(NCc1cccc(C(F)(F)F)c1)c1cccn1Cc1ccccc1. The summed E-state index contributed by atoms with van der Waals surface area (Å²) in [5.41, 5.74) is 1.18. The summed E-state index contributed by atoms with van der Waals surface area (Å²) in [5, 5.41) is 2.68. The minimum atomic E-state index is -4.40. The maximum Gasteiger partial charge on any atom is 0.416 e. The van der Waals surface area contributed by atoms with Gasteiger partial charge in [0.2, 0.25) is 0 Å². The van der Waals surface area contributed by atoms with E-state index in [4.69, 9.17) is 0 Å². The summed E-state index contributed by atoms with van der Waals surface area (Å²) in [4.78, 5) is 12.4. The molecule has 0 fully saturated rings. The van der Waals surface area contributed by atoms with Crippen LogP contribution in [0.4, 0.5) is 13.2 Å². The van der Waals surface area contributed by atoms with Crippen molar-refractivity contribution in [2.45, 2.75) is 19.3 Å². The Kier molecular flexibility index (Phi) is 5.11. The van der Waals surface area contributed by atoms with Crippen LogP contribution in [-0.2, 0) is 19.3 Å². The van der Waals surface area contributed by atoms with E-state index in [1.54, 1.807) is 29.0 Å². The van der Waals surface area contributed by atoms with Gasteiger partial charge in [-0.1, -0.05) is 42.5 Å². The summed E-state index contributed by atoms with van der Waals surface area (Å²) >= 11 is 0. The van der Waals surface area contributed by atoms with Crippen LogP contribution < -0.4 is 5.32 Å². The molecule has 3 rings (SSSR count). The molecule has 0 aliphatic rings. The summed E-state index contributed by atoms with van der Waals surface area (Å²) in [5.74, 6) is -0.330. The second-order valence-electron chi connectivity index (χ2n) is 5.89. The number of rotatable bonds is 5. The molecule has 26 heavy (non-hydrogen) atoms. The highest BCUT2D eigenvalue weighted by Gasteiger charge is 2.30. The molecule has 1 aromatic heterocycles.